The molecule has 0 saturated heterocycles. The lowest BCUT2D eigenvalue weighted by molar-refractivity contribution is -0.137. The van der Waals surface area contributed by atoms with Gasteiger partial charge in [-0.1, -0.05) is 19.9 Å². The molecule has 0 saturated carbocycles. The Kier molecular flexibility index (Phi) is 5.92. The van der Waals surface area contributed by atoms with Crippen LogP contribution in [0.15, 0.2) is 24.5 Å². The summed E-state index contributed by atoms with van der Waals surface area (Å²) in [5.41, 5.74) is 1.04. The first-order valence-corrected chi connectivity index (χ1v) is 6.43. The van der Waals surface area contributed by atoms with Crippen molar-refractivity contribution in [3.05, 3.63) is 30.1 Å². The summed E-state index contributed by atoms with van der Waals surface area (Å²) >= 11 is 0. The minimum absolute atomic E-state index is 0.00511. The van der Waals surface area contributed by atoms with E-state index in [4.69, 9.17) is 5.11 Å². The van der Waals surface area contributed by atoms with Gasteiger partial charge in [-0.25, -0.2) is 0 Å². The molecule has 3 N–H and O–H groups in total. The first kappa shape index (κ1) is 15.6. The number of nitrogens with one attached hydrogen (secondary N) is 1. The molecule has 0 bridgehead atoms. The highest BCUT2D eigenvalue weighted by atomic mass is 16.4. The summed E-state index contributed by atoms with van der Waals surface area (Å²) in [7, 11) is 0. The molecule has 5 heteroatoms. The first-order valence-electron chi connectivity index (χ1n) is 6.43. The molecule has 0 fully saturated rings. The molecule has 106 valence electrons. The second-order valence-corrected chi connectivity index (χ2v) is 5.34. The maximum atomic E-state index is 10.4. The van der Waals surface area contributed by atoms with E-state index in [0.717, 1.165) is 5.56 Å². The second-order valence-electron chi connectivity index (χ2n) is 5.34. The van der Waals surface area contributed by atoms with E-state index in [9.17, 15) is 9.90 Å². The number of carbonyl (C=O) groups is 1. The van der Waals surface area contributed by atoms with Gasteiger partial charge in [0.25, 0.3) is 0 Å². The molecule has 1 heterocycles. The largest absolute Gasteiger partial charge is 0.481 e. The molecule has 0 spiro atoms. The maximum absolute atomic E-state index is 10.4. The third-order valence-corrected chi connectivity index (χ3v) is 3.08. The van der Waals surface area contributed by atoms with Crippen LogP contribution in [-0.2, 0) is 10.2 Å². The van der Waals surface area contributed by atoms with Gasteiger partial charge in [0.2, 0.25) is 0 Å². The van der Waals surface area contributed by atoms with Crippen LogP contribution in [-0.4, -0.2) is 40.4 Å². The number of aromatic nitrogens is 1. The Labute approximate surface area is 113 Å². The van der Waals surface area contributed by atoms with Gasteiger partial charge < -0.3 is 15.5 Å². The SMILES string of the molecule is CC(C)(CNCC(O)CCC(=O)O)c1cccnc1. The highest BCUT2D eigenvalue weighted by Crippen LogP contribution is 2.20. The zero-order chi connectivity index (χ0) is 14.3. The molecule has 19 heavy (non-hydrogen) atoms. The summed E-state index contributed by atoms with van der Waals surface area (Å²) in [5.74, 6) is -0.880. The van der Waals surface area contributed by atoms with Crippen molar-refractivity contribution in [2.45, 2.75) is 38.2 Å². The van der Waals surface area contributed by atoms with Gasteiger partial charge in [-0.05, 0) is 18.1 Å². The zero-order valence-corrected chi connectivity index (χ0v) is 11.5. The van der Waals surface area contributed by atoms with Crippen molar-refractivity contribution in [3.63, 3.8) is 0 Å². The quantitative estimate of drug-likeness (QED) is 0.658. The van der Waals surface area contributed by atoms with E-state index in [1.807, 2.05) is 18.3 Å². The Morgan fingerprint density at radius 2 is 2.26 bits per heavy atom. The van der Waals surface area contributed by atoms with Crippen molar-refractivity contribution in [1.29, 1.82) is 0 Å². The number of aliphatic hydroxyl groups is 1. The van der Waals surface area contributed by atoms with E-state index in [-0.39, 0.29) is 18.3 Å². The molecule has 5 nitrogen and oxygen atoms in total. The summed E-state index contributed by atoms with van der Waals surface area (Å²) < 4.78 is 0. The van der Waals surface area contributed by atoms with Gasteiger partial charge in [0.1, 0.15) is 0 Å². The van der Waals surface area contributed by atoms with Gasteiger partial charge in [-0.2, -0.15) is 0 Å². The van der Waals surface area contributed by atoms with Gasteiger partial charge in [-0.3, -0.25) is 9.78 Å². The number of aliphatic hydroxyl groups excluding tert-OH is 1. The van der Waals surface area contributed by atoms with Crippen LogP contribution in [0.3, 0.4) is 0 Å². The number of nitrogens with zero attached hydrogens (tertiary/aromatic N) is 1. The van der Waals surface area contributed by atoms with Crippen LogP contribution in [0.2, 0.25) is 0 Å². The first-order chi connectivity index (χ1) is 8.92. The molecule has 0 aliphatic heterocycles. The number of rotatable bonds is 8. The fourth-order valence-electron chi connectivity index (χ4n) is 1.81. The zero-order valence-electron chi connectivity index (χ0n) is 11.5. The average molecular weight is 266 g/mol. The Hall–Kier alpha value is -1.46. The van der Waals surface area contributed by atoms with Crippen LogP contribution in [0.5, 0.6) is 0 Å². The molecule has 1 aromatic heterocycles. The molecule has 1 unspecified atom stereocenters. The van der Waals surface area contributed by atoms with Crippen LogP contribution >= 0.6 is 0 Å². The van der Waals surface area contributed by atoms with E-state index in [2.05, 4.69) is 24.1 Å². The topological polar surface area (TPSA) is 82.5 Å². The van der Waals surface area contributed by atoms with Crippen LogP contribution < -0.4 is 5.32 Å². The van der Waals surface area contributed by atoms with E-state index < -0.39 is 12.1 Å². The summed E-state index contributed by atoms with van der Waals surface area (Å²) in [4.78, 5) is 14.5. The summed E-state index contributed by atoms with van der Waals surface area (Å²) in [6.45, 7) is 5.29. The van der Waals surface area contributed by atoms with Gasteiger partial charge in [0.05, 0.1) is 6.10 Å². The third-order valence-electron chi connectivity index (χ3n) is 3.08. The molecule has 0 radical (unpaired) electrons. The van der Waals surface area contributed by atoms with Gasteiger partial charge in [-0.15, -0.1) is 0 Å². The number of hydrogen-bond acceptors (Lipinski definition) is 4. The number of carboxylic acids is 1. The smallest absolute Gasteiger partial charge is 0.303 e. The molecule has 0 aliphatic rings. The Morgan fingerprint density at radius 3 is 2.84 bits per heavy atom. The Morgan fingerprint density at radius 1 is 1.53 bits per heavy atom. The van der Waals surface area contributed by atoms with Crippen LogP contribution in [0, 0.1) is 0 Å². The van der Waals surface area contributed by atoms with Crippen LogP contribution in [0.25, 0.3) is 0 Å². The summed E-state index contributed by atoms with van der Waals surface area (Å²) in [6.07, 6.45) is 3.22. The number of carboxylic acid groups (broad SMARTS) is 1. The molecule has 0 amide bonds. The molecule has 1 rings (SSSR count). The van der Waals surface area contributed by atoms with Crippen molar-refractivity contribution in [2.75, 3.05) is 13.1 Å². The number of hydrogen-bond donors (Lipinski definition) is 3. The monoisotopic (exact) mass is 266 g/mol. The lowest BCUT2D eigenvalue weighted by Gasteiger charge is -2.26. The molecule has 0 aliphatic carbocycles. The maximum Gasteiger partial charge on any atom is 0.303 e. The van der Waals surface area contributed by atoms with Crippen molar-refractivity contribution in [3.8, 4) is 0 Å². The number of pyridine rings is 1. The minimum atomic E-state index is -0.880. The number of aliphatic carboxylic acids is 1. The third kappa shape index (κ3) is 5.81. The van der Waals surface area contributed by atoms with Gasteiger partial charge in [0, 0.05) is 37.3 Å². The van der Waals surface area contributed by atoms with Gasteiger partial charge in [0.15, 0.2) is 0 Å². The molecule has 1 atom stereocenters. The van der Waals surface area contributed by atoms with Crippen molar-refractivity contribution >= 4 is 5.97 Å². The lowest BCUT2D eigenvalue weighted by Crippen LogP contribution is -2.37. The normalized spacial score (nSPS) is 13.2. The van der Waals surface area contributed by atoms with E-state index in [1.165, 1.54) is 0 Å². The molecule has 1 aromatic rings. The highest BCUT2D eigenvalue weighted by molar-refractivity contribution is 5.66. The van der Waals surface area contributed by atoms with E-state index in [0.29, 0.717) is 13.1 Å². The lowest BCUT2D eigenvalue weighted by atomic mass is 9.85. The minimum Gasteiger partial charge on any atom is -0.481 e. The van der Waals surface area contributed by atoms with Crippen molar-refractivity contribution < 1.29 is 15.0 Å². The van der Waals surface area contributed by atoms with E-state index in [1.54, 1.807) is 6.20 Å². The average Bonchev–Trinajstić information content (AvgIpc) is 2.37. The van der Waals surface area contributed by atoms with Crippen LogP contribution in [0.1, 0.15) is 32.3 Å². The van der Waals surface area contributed by atoms with Crippen molar-refractivity contribution in [1.82, 2.24) is 10.3 Å². The summed E-state index contributed by atoms with van der Waals surface area (Å²) in [5, 5.41) is 21.3. The Balaban J connectivity index is 2.34. The fourth-order valence-corrected chi connectivity index (χ4v) is 1.81. The standard InChI is InChI=1S/C14H22N2O3/c1-14(2,11-4-3-7-15-8-11)10-16-9-12(17)5-6-13(18)19/h3-4,7-8,12,16-17H,5-6,9-10H2,1-2H3,(H,18,19). The predicted octanol–water partition coefficient (Wildman–Crippen LogP) is 1.17. The predicted molar refractivity (Wildman–Crippen MR) is 73.0 cm³/mol. The van der Waals surface area contributed by atoms with E-state index >= 15 is 0 Å². The second kappa shape index (κ2) is 7.21. The highest BCUT2D eigenvalue weighted by Gasteiger charge is 2.20. The van der Waals surface area contributed by atoms with Crippen molar-refractivity contribution in [2.24, 2.45) is 0 Å². The fraction of sp³-hybridized carbons (Fsp3) is 0.571. The molecular formula is C14H22N2O3. The molecular weight excluding hydrogens is 244 g/mol. The van der Waals surface area contributed by atoms with Gasteiger partial charge >= 0.3 is 5.97 Å². The van der Waals surface area contributed by atoms with Crippen LogP contribution in [0.4, 0.5) is 0 Å². The summed E-state index contributed by atoms with van der Waals surface area (Å²) in [6, 6.07) is 3.92. The molecule has 0 aromatic carbocycles. The Bertz CT molecular complexity index is 393.